The van der Waals surface area contributed by atoms with E-state index in [0.717, 1.165) is 30.3 Å². The number of nitrogens with zero attached hydrogens (tertiary/aromatic N) is 4. The Morgan fingerprint density at radius 2 is 1.85 bits per heavy atom. The first-order valence-corrected chi connectivity index (χ1v) is 15.3. The first-order chi connectivity index (χ1) is 19.3. The van der Waals surface area contributed by atoms with E-state index in [1.54, 1.807) is 17.0 Å². The maximum absolute atomic E-state index is 13.3. The summed E-state index contributed by atoms with van der Waals surface area (Å²) in [6.45, 7) is 8.96. The van der Waals surface area contributed by atoms with Crippen LogP contribution in [0.15, 0.2) is 52.5 Å². The van der Waals surface area contributed by atoms with Crippen molar-refractivity contribution >= 4 is 45.8 Å². The minimum atomic E-state index is -0.0637. The summed E-state index contributed by atoms with van der Waals surface area (Å²) in [5.74, 6) is 1.54. The van der Waals surface area contributed by atoms with Gasteiger partial charge in [0.15, 0.2) is 5.96 Å². The summed E-state index contributed by atoms with van der Waals surface area (Å²) in [6.07, 6.45) is 8.68. The van der Waals surface area contributed by atoms with E-state index in [2.05, 4.69) is 41.3 Å². The molecule has 9 heteroatoms. The molecule has 2 aromatic carbocycles. The normalized spacial score (nSPS) is 21.5. The summed E-state index contributed by atoms with van der Waals surface area (Å²) in [6, 6.07) is 12.2. The van der Waals surface area contributed by atoms with Crippen LogP contribution in [-0.2, 0) is 13.0 Å². The van der Waals surface area contributed by atoms with Crippen molar-refractivity contribution in [2.75, 3.05) is 18.4 Å². The number of anilines is 1. The van der Waals surface area contributed by atoms with Crippen LogP contribution in [-0.4, -0.2) is 51.6 Å². The number of benzene rings is 2. The van der Waals surface area contributed by atoms with Crippen LogP contribution < -0.4 is 16.2 Å². The highest BCUT2D eigenvalue weighted by Gasteiger charge is 2.26. The first kappa shape index (κ1) is 28.9. The number of halogens is 2. The molecule has 1 aromatic heterocycles. The van der Waals surface area contributed by atoms with Gasteiger partial charge in [-0.15, -0.1) is 0 Å². The van der Waals surface area contributed by atoms with Gasteiger partial charge >= 0.3 is 0 Å². The molecule has 2 fully saturated rings. The van der Waals surface area contributed by atoms with Gasteiger partial charge in [0.05, 0.1) is 23.3 Å². The molecule has 7 nitrogen and oxygen atoms in total. The van der Waals surface area contributed by atoms with Crippen molar-refractivity contribution in [2.24, 2.45) is 10.9 Å². The monoisotopic (exact) mass is 582 g/mol. The number of nitrogens with one attached hydrogen (secondary N) is 2. The fourth-order valence-electron chi connectivity index (χ4n) is 6.10. The molecular formula is C31H40Cl2N6O. The summed E-state index contributed by atoms with van der Waals surface area (Å²) >= 11 is 12.3. The van der Waals surface area contributed by atoms with Crippen LogP contribution in [0.1, 0.15) is 58.4 Å². The Bertz CT molecular complexity index is 1410. The predicted octanol–water partition coefficient (Wildman–Crippen LogP) is 6.36. The SMILES string of the molecule is CC1CN(C(=N[C@H](C)C2CCCCC2)Nc2ccc3c(=O)n(CCc4ccc(Cl)cc4Cl)cnc3c2)C[C@@H](C)N1. The van der Waals surface area contributed by atoms with Crippen LogP contribution >= 0.6 is 23.2 Å². The van der Waals surface area contributed by atoms with Gasteiger partial charge in [0.2, 0.25) is 0 Å². The van der Waals surface area contributed by atoms with Crippen molar-refractivity contribution in [3.05, 3.63) is 68.7 Å². The third-order valence-corrected chi connectivity index (χ3v) is 8.82. The number of aryl methyl sites for hydroxylation is 2. The number of aromatic nitrogens is 2. The molecule has 0 spiro atoms. The van der Waals surface area contributed by atoms with E-state index in [-0.39, 0.29) is 11.6 Å². The predicted molar refractivity (Wildman–Crippen MR) is 167 cm³/mol. The highest BCUT2D eigenvalue weighted by Crippen LogP contribution is 2.28. The lowest BCUT2D eigenvalue weighted by Crippen LogP contribution is -2.57. The molecule has 0 amide bonds. The molecule has 1 saturated carbocycles. The molecule has 2 aliphatic rings. The van der Waals surface area contributed by atoms with E-state index in [0.29, 0.717) is 51.9 Å². The Labute approximate surface area is 247 Å². The summed E-state index contributed by atoms with van der Waals surface area (Å²) < 4.78 is 1.64. The first-order valence-electron chi connectivity index (χ1n) is 14.6. The number of guanidine groups is 1. The van der Waals surface area contributed by atoms with Gasteiger partial charge in [-0.1, -0.05) is 48.5 Å². The molecule has 40 heavy (non-hydrogen) atoms. The van der Waals surface area contributed by atoms with Gasteiger partial charge in [0.25, 0.3) is 5.56 Å². The van der Waals surface area contributed by atoms with Crippen molar-refractivity contribution in [1.29, 1.82) is 0 Å². The summed E-state index contributed by atoms with van der Waals surface area (Å²) in [7, 11) is 0. The topological polar surface area (TPSA) is 74.5 Å². The van der Waals surface area contributed by atoms with Crippen LogP contribution in [0.3, 0.4) is 0 Å². The third-order valence-electron chi connectivity index (χ3n) is 8.23. The van der Waals surface area contributed by atoms with E-state index in [1.807, 2.05) is 30.3 Å². The van der Waals surface area contributed by atoms with E-state index in [4.69, 9.17) is 28.2 Å². The molecule has 1 unspecified atom stereocenters. The number of aliphatic imine (C=N–C) groups is 1. The molecule has 0 radical (unpaired) electrons. The Kier molecular flexibility index (Phi) is 9.34. The van der Waals surface area contributed by atoms with Gasteiger partial charge in [-0.05, 0) is 81.8 Å². The second-order valence-corrected chi connectivity index (χ2v) is 12.4. The zero-order chi connectivity index (χ0) is 28.2. The summed E-state index contributed by atoms with van der Waals surface area (Å²) in [4.78, 5) is 25.5. The van der Waals surface area contributed by atoms with E-state index >= 15 is 0 Å². The Hall–Kier alpha value is -2.61. The molecule has 1 saturated heterocycles. The van der Waals surface area contributed by atoms with Crippen molar-refractivity contribution in [1.82, 2.24) is 19.8 Å². The quantitative estimate of drug-likeness (QED) is 0.261. The molecule has 0 bridgehead atoms. The highest BCUT2D eigenvalue weighted by molar-refractivity contribution is 6.35. The molecule has 214 valence electrons. The van der Waals surface area contributed by atoms with Gasteiger partial charge in [-0.25, -0.2) is 9.98 Å². The van der Waals surface area contributed by atoms with Crippen molar-refractivity contribution in [3.8, 4) is 0 Å². The highest BCUT2D eigenvalue weighted by atomic mass is 35.5. The van der Waals surface area contributed by atoms with Gasteiger partial charge in [0, 0.05) is 47.5 Å². The molecular weight excluding hydrogens is 543 g/mol. The van der Waals surface area contributed by atoms with Crippen LogP contribution in [0.2, 0.25) is 10.0 Å². The lowest BCUT2D eigenvalue weighted by molar-refractivity contribution is 0.251. The Morgan fingerprint density at radius 3 is 2.58 bits per heavy atom. The van der Waals surface area contributed by atoms with E-state index in [9.17, 15) is 4.79 Å². The van der Waals surface area contributed by atoms with Gasteiger partial charge < -0.3 is 15.5 Å². The zero-order valence-electron chi connectivity index (χ0n) is 23.7. The molecule has 3 aromatic rings. The third kappa shape index (κ3) is 6.99. The molecule has 2 N–H and O–H groups in total. The molecule has 3 atom stereocenters. The lowest BCUT2D eigenvalue weighted by atomic mass is 9.85. The summed E-state index contributed by atoms with van der Waals surface area (Å²) in [5.41, 5.74) is 2.44. The zero-order valence-corrected chi connectivity index (χ0v) is 25.2. The van der Waals surface area contributed by atoms with Crippen molar-refractivity contribution in [3.63, 3.8) is 0 Å². The smallest absolute Gasteiger partial charge is 0.261 e. The largest absolute Gasteiger partial charge is 0.340 e. The fourth-order valence-corrected chi connectivity index (χ4v) is 6.60. The van der Waals surface area contributed by atoms with Crippen LogP contribution in [0.5, 0.6) is 0 Å². The average molecular weight is 584 g/mol. The molecule has 2 heterocycles. The Balaban J connectivity index is 1.37. The van der Waals surface area contributed by atoms with Crippen molar-refractivity contribution < 1.29 is 0 Å². The molecule has 5 rings (SSSR count). The van der Waals surface area contributed by atoms with Crippen LogP contribution in [0.4, 0.5) is 5.69 Å². The van der Waals surface area contributed by atoms with E-state index in [1.165, 1.54) is 32.1 Å². The van der Waals surface area contributed by atoms with Gasteiger partial charge in [0.1, 0.15) is 0 Å². The van der Waals surface area contributed by atoms with Gasteiger partial charge in [-0.3, -0.25) is 9.36 Å². The number of hydrogen-bond donors (Lipinski definition) is 2. The summed E-state index contributed by atoms with van der Waals surface area (Å²) in [5, 5.41) is 9.03. The minimum Gasteiger partial charge on any atom is -0.340 e. The minimum absolute atomic E-state index is 0.0637. The number of rotatable bonds is 6. The fraction of sp³-hybridized carbons (Fsp3) is 0.516. The van der Waals surface area contributed by atoms with Crippen LogP contribution in [0.25, 0.3) is 10.9 Å². The lowest BCUT2D eigenvalue weighted by Gasteiger charge is -2.39. The maximum atomic E-state index is 13.3. The molecule has 1 aliphatic carbocycles. The second kappa shape index (κ2) is 12.9. The number of fused-ring (bicyclic) bond motifs is 1. The number of hydrogen-bond acceptors (Lipinski definition) is 4. The van der Waals surface area contributed by atoms with Crippen LogP contribution in [0, 0.1) is 5.92 Å². The maximum Gasteiger partial charge on any atom is 0.261 e. The van der Waals surface area contributed by atoms with Crippen molar-refractivity contribution in [2.45, 2.75) is 84.0 Å². The standard InChI is InChI=1S/C31H40Cl2N6O/c1-20-17-39(18-21(2)35-20)31(36-22(3)23-7-5-4-6-8-23)37-26-11-12-27-29(16-26)34-19-38(30(27)40)14-13-24-9-10-25(32)15-28(24)33/h9-12,15-16,19-23,35H,4-8,13-14,17-18H2,1-3H3,(H,36,37)/t20-,21?,22-/m1/s1. The number of piperazine rings is 1. The molecule has 1 aliphatic heterocycles. The average Bonchev–Trinajstić information content (AvgIpc) is 2.93. The van der Waals surface area contributed by atoms with E-state index < -0.39 is 0 Å². The van der Waals surface area contributed by atoms with Gasteiger partial charge in [-0.2, -0.15) is 0 Å². The Morgan fingerprint density at radius 1 is 1.10 bits per heavy atom. The second-order valence-electron chi connectivity index (χ2n) is 11.6.